The van der Waals surface area contributed by atoms with Crippen LogP contribution in [0.3, 0.4) is 0 Å². The van der Waals surface area contributed by atoms with Crippen molar-refractivity contribution in [3.05, 3.63) is 10.6 Å². The van der Waals surface area contributed by atoms with Crippen molar-refractivity contribution in [2.45, 2.75) is 64.0 Å². The molecule has 0 aromatic carbocycles. The molecule has 3 rings (SSSR count). The monoisotopic (exact) mass is 280 g/mol. The Kier molecular flexibility index (Phi) is 3.81. The molecular formula is C15H24N2OS. The van der Waals surface area contributed by atoms with Crippen molar-refractivity contribution in [1.82, 2.24) is 4.98 Å². The Balaban J connectivity index is 1.78. The summed E-state index contributed by atoms with van der Waals surface area (Å²) in [6, 6.07) is 0.633. The largest absolute Gasteiger partial charge is 0.387 e. The number of rotatable bonds is 2. The molecule has 0 amide bonds. The van der Waals surface area contributed by atoms with Crippen LogP contribution in [0.15, 0.2) is 0 Å². The minimum absolute atomic E-state index is 0.326. The second-order valence-electron chi connectivity index (χ2n) is 6.25. The molecule has 0 aliphatic heterocycles. The van der Waals surface area contributed by atoms with Gasteiger partial charge in [0.1, 0.15) is 0 Å². The minimum Gasteiger partial charge on any atom is -0.387 e. The average Bonchev–Trinajstić information content (AvgIpc) is 2.83. The van der Waals surface area contributed by atoms with Gasteiger partial charge in [-0.2, -0.15) is 0 Å². The van der Waals surface area contributed by atoms with Crippen LogP contribution >= 0.6 is 11.3 Å². The van der Waals surface area contributed by atoms with Crippen molar-refractivity contribution < 1.29 is 5.11 Å². The summed E-state index contributed by atoms with van der Waals surface area (Å²) in [5.41, 5.74) is 0.960. The molecule has 2 aliphatic rings. The molecule has 19 heavy (non-hydrogen) atoms. The van der Waals surface area contributed by atoms with Gasteiger partial charge in [0.25, 0.3) is 0 Å². The van der Waals surface area contributed by atoms with E-state index in [-0.39, 0.29) is 6.10 Å². The highest BCUT2D eigenvalue weighted by Crippen LogP contribution is 2.38. The molecule has 1 fully saturated rings. The molecule has 0 radical (unpaired) electrons. The molecule has 1 saturated carbocycles. The fourth-order valence-corrected chi connectivity index (χ4v) is 4.63. The molecule has 3 nitrogen and oxygen atoms in total. The van der Waals surface area contributed by atoms with Crippen LogP contribution in [0.2, 0.25) is 0 Å². The summed E-state index contributed by atoms with van der Waals surface area (Å²) in [7, 11) is 2.18. The van der Waals surface area contributed by atoms with E-state index in [4.69, 9.17) is 4.98 Å². The maximum absolute atomic E-state index is 10.0. The van der Waals surface area contributed by atoms with E-state index < -0.39 is 0 Å². The van der Waals surface area contributed by atoms with Gasteiger partial charge < -0.3 is 10.0 Å². The van der Waals surface area contributed by atoms with E-state index in [0.717, 1.165) is 36.0 Å². The third kappa shape index (κ3) is 2.65. The molecule has 2 aliphatic carbocycles. The lowest BCUT2D eigenvalue weighted by Crippen LogP contribution is -2.35. The van der Waals surface area contributed by atoms with Crippen LogP contribution in [-0.4, -0.2) is 23.2 Å². The summed E-state index contributed by atoms with van der Waals surface area (Å²) in [6.07, 6.45) is 8.02. The highest BCUT2D eigenvalue weighted by Gasteiger charge is 2.28. The van der Waals surface area contributed by atoms with Gasteiger partial charge in [-0.3, -0.25) is 0 Å². The van der Waals surface area contributed by atoms with Gasteiger partial charge in [0.15, 0.2) is 5.13 Å². The molecule has 106 valence electrons. The fraction of sp³-hybridized carbons (Fsp3) is 0.800. The van der Waals surface area contributed by atoms with Crippen LogP contribution < -0.4 is 4.90 Å². The summed E-state index contributed by atoms with van der Waals surface area (Å²) >= 11 is 1.80. The zero-order chi connectivity index (χ0) is 13.4. The summed E-state index contributed by atoms with van der Waals surface area (Å²) in [6.45, 7) is 2.36. The minimum atomic E-state index is -0.326. The number of aliphatic hydroxyl groups excluding tert-OH is 1. The second kappa shape index (κ2) is 5.41. The van der Waals surface area contributed by atoms with Crippen LogP contribution in [0.1, 0.15) is 62.1 Å². The molecule has 1 aromatic rings. The van der Waals surface area contributed by atoms with E-state index in [1.165, 1.54) is 30.6 Å². The number of nitrogens with zero attached hydrogens (tertiary/aromatic N) is 2. The molecule has 1 heterocycles. The number of fused-ring (bicyclic) bond motifs is 1. The number of anilines is 1. The molecule has 4 heteroatoms. The number of thiazole rings is 1. The standard InChI is InChI=1S/C15H24N2OS/c1-10-5-3-6-11(9-10)17(2)15-16-14-12(18)7-4-8-13(14)19-15/h10-12,18H,3-9H2,1-2H3. The second-order valence-corrected chi connectivity index (χ2v) is 7.31. The van der Waals surface area contributed by atoms with Gasteiger partial charge in [-0.15, -0.1) is 11.3 Å². The number of aliphatic hydroxyl groups is 1. The zero-order valence-electron chi connectivity index (χ0n) is 11.9. The van der Waals surface area contributed by atoms with E-state index in [1.54, 1.807) is 11.3 Å². The van der Waals surface area contributed by atoms with Gasteiger partial charge in [-0.25, -0.2) is 4.98 Å². The van der Waals surface area contributed by atoms with E-state index in [0.29, 0.717) is 6.04 Å². The maximum atomic E-state index is 10.0. The lowest BCUT2D eigenvalue weighted by atomic mass is 9.86. The SMILES string of the molecule is CC1CCCC(N(C)c2nc3c(s2)CCCC3O)C1. The predicted molar refractivity (Wildman–Crippen MR) is 79.8 cm³/mol. The molecule has 1 N–H and O–H groups in total. The van der Waals surface area contributed by atoms with Crippen molar-refractivity contribution in [1.29, 1.82) is 0 Å². The van der Waals surface area contributed by atoms with Crippen LogP contribution in [0, 0.1) is 5.92 Å². The summed E-state index contributed by atoms with van der Waals surface area (Å²) in [5, 5.41) is 11.2. The van der Waals surface area contributed by atoms with Crippen LogP contribution in [-0.2, 0) is 6.42 Å². The Morgan fingerprint density at radius 3 is 2.84 bits per heavy atom. The smallest absolute Gasteiger partial charge is 0.185 e. The molecule has 1 aromatic heterocycles. The summed E-state index contributed by atoms with van der Waals surface area (Å²) in [4.78, 5) is 8.40. The van der Waals surface area contributed by atoms with Gasteiger partial charge in [-0.1, -0.05) is 19.8 Å². The first-order chi connectivity index (χ1) is 9.15. The van der Waals surface area contributed by atoms with Crippen molar-refractivity contribution in [3.8, 4) is 0 Å². The van der Waals surface area contributed by atoms with E-state index in [2.05, 4.69) is 18.9 Å². The quantitative estimate of drug-likeness (QED) is 0.900. The number of hydrogen-bond acceptors (Lipinski definition) is 4. The summed E-state index contributed by atoms with van der Waals surface area (Å²) < 4.78 is 0. The van der Waals surface area contributed by atoms with Gasteiger partial charge in [-0.05, 0) is 38.0 Å². The molecule has 0 saturated heterocycles. The predicted octanol–water partition coefficient (Wildman–Crippen LogP) is 3.53. The number of hydrogen-bond donors (Lipinski definition) is 1. The maximum Gasteiger partial charge on any atom is 0.185 e. The first-order valence-corrected chi connectivity index (χ1v) is 8.37. The molecule has 0 bridgehead atoms. The number of aromatic nitrogens is 1. The van der Waals surface area contributed by atoms with Crippen LogP contribution in [0.5, 0.6) is 0 Å². The van der Waals surface area contributed by atoms with Crippen molar-refractivity contribution in [3.63, 3.8) is 0 Å². The van der Waals surface area contributed by atoms with Gasteiger partial charge >= 0.3 is 0 Å². The van der Waals surface area contributed by atoms with E-state index >= 15 is 0 Å². The van der Waals surface area contributed by atoms with Crippen molar-refractivity contribution in [2.75, 3.05) is 11.9 Å². The summed E-state index contributed by atoms with van der Waals surface area (Å²) in [5.74, 6) is 0.835. The van der Waals surface area contributed by atoms with Gasteiger partial charge in [0.2, 0.25) is 0 Å². The third-order valence-corrected chi connectivity index (χ3v) is 5.89. The first-order valence-electron chi connectivity index (χ1n) is 7.55. The highest BCUT2D eigenvalue weighted by atomic mass is 32.1. The lowest BCUT2D eigenvalue weighted by molar-refractivity contribution is 0.153. The average molecular weight is 280 g/mol. The van der Waals surface area contributed by atoms with Crippen molar-refractivity contribution in [2.24, 2.45) is 5.92 Å². The highest BCUT2D eigenvalue weighted by molar-refractivity contribution is 7.15. The van der Waals surface area contributed by atoms with Crippen LogP contribution in [0.4, 0.5) is 5.13 Å². The zero-order valence-corrected chi connectivity index (χ0v) is 12.7. The Morgan fingerprint density at radius 2 is 2.11 bits per heavy atom. The van der Waals surface area contributed by atoms with Gasteiger partial charge in [0, 0.05) is 18.0 Å². The first kappa shape index (κ1) is 13.4. The Morgan fingerprint density at radius 1 is 1.26 bits per heavy atom. The molecule has 3 unspecified atom stereocenters. The van der Waals surface area contributed by atoms with E-state index in [1.807, 2.05) is 0 Å². The lowest BCUT2D eigenvalue weighted by Gasteiger charge is -2.33. The van der Waals surface area contributed by atoms with Crippen LogP contribution in [0.25, 0.3) is 0 Å². The Hall–Kier alpha value is -0.610. The fourth-order valence-electron chi connectivity index (χ4n) is 3.44. The Labute approximate surface area is 119 Å². The normalized spacial score (nSPS) is 31.0. The number of aryl methyl sites for hydroxylation is 1. The third-order valence-electron chi connectivity index (χ3n) is 4.67. The Bertz CT molecular complexity index is 445. The molecule has 3 atom stereocenters. The molecular weight excluding hydrogens is 256 g/mol. The van der Waals surface area contributed by atoms with Crippen molar-refractivity contribution >= 4 is 16.5 Å². The molecule has 0 spiro atoms. The van der Waals surface area contributed by atoms with Gasteiger partial charge in [0.05, 0.1) is 11.8 Å². The van der Waals surface area contributed by atoms with E-state index in [9.17, 15) is 5.11 Å². The topological polar surface area (TPSA) is 36.4 Å².